The van der Waals surface area contributed by atoms with Gasteiger partial charge in [0.05, 0.1) is 10.7 Å². The van der Waals surface area contributed by atoms with E-state index in [-0.39, 0.29) is 33.6 Å². The van der Waals surface area contributed by atoms with Crippen LogP contribution in [0.5, 0.6) is 0 Å². The number of urea groups is 1. The van der Waals surface area contributed by atoms with Gasteiger partial charge in [-0.2, -0.15) is 0 Å². The van der Waals surface area contributed by atoms with Crippen molar-refractivity contribution in [1.82, 2.24) is 9.80 Å². The van der Waals surface area contributed by atoms with Gasteiger partial charge in [-0.05, 0) is 31.4 Å². The van der Waals surface area contributed by atoms with E-state index in [9.17, 15) is 18.0 Å². The molecule has 0 bridgehead atoms. The Balaban J connectivity index is 1.74. The van der Waals surface area contributed by atoms with E-state index in [2.05, 4.69) is 5.32 Å². The van der Waals surface area contributed by atoms with Gasteiger partial charge in [0.1, 0.15) is 4.90 Å². The molecule has 1 atom stereocenters. The number of nitrogens with one attached hydrogen (secondary N) is 1. The molecule has 0 aromatic heterocycles. The maximum Gasteiger partial charge on any atom is 0.321 e. The fourth-order valence-electron chi connectivity index (χ4n) is 3.63. The smallest absolute Gasteiger partial charge is 0.321 e. The number of carbonyl (C=O) groups excluding carboxylic acids is 2. The number of hydrogen-bond acceptors (Lipinski definition) is 4. The van der Waals surface area contributed by atoms with E-state index in [1.165, 1.54) is 12.1 Å². The molecule has 0 unspecified atom stereocenters. The summed E-state index contributed by atoms with van der Waals surface area (Å²) < 4.78 is 24.0. The second-order valence-corrected chi connectivity index (χ2v) is 9.11. The van der Waals surface area contributed by atoms with Crippen LogP contribution < -0.4 is 5.32 Å². The Morgan fingerprint density at radius 3 is 2.69 bits per heavy atom. The highest BCUT2D eigenvalue weighted by Gasteiger charge is 2.33. The van der Waals surface area contributed by atoms with Crippen LogP contribution in [0, 0.1) is 0 Å². The van der Waals surface area contributed by atoms with Gasteiger partial charge in [-0.15, -0.1) is 0 Å². The maximum atomic E-state index is 12.7. The molecule has 0 spiro atoms. The summed E-state index contributed by atoms with van der Waals surface area (Å²) in [5.41, 5.74) is 0.171. The summed E-state index contributed by atoms with van der Waals surface area (Å²) in [5.74, 6) is 0.145. The number of piperidine rings is 1. The highest BCUT2D eigenvalue weighted by atomic mass is 35.5. The van der Waals surface area contributed by atoms with Crippen LogP contribution in [0.15, 0.2) is 23.1 Å². The molecule has 2 heterocycles. The molecule has 2 aliphatic rings. The average Bonchev–Trinajstić information content (AvgIpc) is 3.00. The summed E-state index contributed by atoms with van der Waals surface area (Å²) in [6.45, 7) is 1.76. The lowest BCUT2D eigenvalue weighted by atomic mass is 10.0. The van der Waals surface area contributed by atoms with Crippen LogP contribution in [-0.4, -0.2) is 62.1 Å². The molecule has 0 aliphatic carbocycles. The van der Waals surface area contributed by atoms with Gasteiger partial charge in [0.15, 0.2) is 9.84 Å². The number of anilines is 1. The van der Waals surface area contributed by atoms with Gasteiger partial charge < -0.3 is 15.1 Å². The molecule has 26 heavy (non-hydrogen) atoms. The van der Waals surface area contributed by atoms with E-state index in [0.717, 1.165) is 32.1 Å². The molecule has 2 saturated heterocycles. The first kappa shape index (κ1) is 19.0. The quantitative estimate of drug-likeness (QED) is 0.845. The Labute approximate surface area is 158 Å². The van der Waals surface area contributed by atoms with E-state index in [1.807, 2.05) is 4.90 Å². The van der Waals surface area contributed by atoms with E-state index in [0.29, 0.717) is 19.5 Å². The van der Waals surface area contributed by atoms with Crippen LogP contribution in [0.3, 0.4) is 0 Å². The third kappa shape index (κ3) is 3.96. The highest BCUT2D eigenvalue weighted by Crippen LogP contribution is 2.30. The van der Waals surface area contributed by atoms with Gasteiger partial charge in [-0.25, -0.2) is 13.2 Å². The fraction of sp³-hybridized carbons (Fsp3) is 0.529. The minimum Gasteiger partial charge on any atom is -0.338 e. The summed E-state index contributed by atoms with van der Waals surface area (Å²) in [4.78, 5) is 28.0. The average molecular weight is 400 g/mol. The molecule has 2 fully saturated rings. The molecule has 1 aromatic rings. The number of likely N-dealkylation sites (tertiary alicyclic amines) is 2. The van der Waals surface area contributed by atoms with Gasteiger partial charge >= 0.3 is 6.03 Å². The first-order valence-electron chi connectivity index (χ1n) is 8.61. The first-order valence-corrected chi connectivity index (χ1v) is 10.9. The standard InChI is InChI=1S/C17H22ClN3O4S/c1-26(24,25)16-13(18)6-2-7-14(16)19-17(23)20-9-3-5-12(11-20)21-10-4-8-15(21)22/h2,6-7,12H,3-5,8-11H2,1H3,(H,19,23)/t12-/m0/s1. The molecule has 1 aromatic carbocycles. The van der Waals surface area contributed by atoms with E-state index >= 15 is 0 Å². The van der Waals surface area contributed by atoms with Crippen molar-refractivity contribution in [1.29, 1.82) is 0 Å². The lowest BCUT2D eigenvalue weighted by Gasteiger charge is -2.37. The number of halogens is 1. The van der Waals surface area contributed by atoms with Crippen LogP contribution in [-0.2, 0) is 14.6 Å². The van der Waals surface area contributed by atoms with Crippen LogP contribution in [0.2, 0.25) is 5.02 Å². The van der Waals surface area contributed by atoms with Crippen LogP contribution in [0.1, 0.15) is 25.7 Å². The fourth-order valence-corrected chi connectivity index (χ4v) is 5.16. The van der Waals surface area contributed by atoms with Crippen molar-refractivity contribution in [3.63, 3.8) is 0 Å². The van der Waals surface area contributed by atoms with Crippen LogP contribution in [0.25, 0.3) is 0 Å². The number of nitrogens with zero attached hydrogens (tertiary/aromatic N) is 2. The Morgan fingerprint density at radius 2 is 2.04 bits per heavy atom. The summed E-state index contributed by atoms with van der Waals surface area (Å²) in [6.07, 6.45) is 4.17. The highest BCUT2D eigenvalue weighted by molar-refractivity contribution is 7.91. The zero-order valence-electron chi connectivity index (χ0n) is 14.6. The molecule has 2 aliphatic heterocycles. The molecular weight excluding hydrogens is 378 g/mol. The third-order valence-corrected chi connectivity index (χ3v) is 6.42. The molecule has 0 saturated carbocycles. The minimum absolute atomic E-state index is 0.0261. The SMILES string of the molecule is CS(=O)(=O)c1c(Cl)cccc1NC(=O)N1CCC[C@H](N2CCCC2=O)C1. The summed E-state index contributed by atoms with van der Waals surface area (Å²) in [7, 11) is -3.59. The lowest BCUT2D eigenvalue weighted by Crippen LogP contribution is -2.51. The summed E-state index contributed by atoms with van der Waals surface area (Å²) >= 11 is 6.02. The minimum atomic E-state index is -3.59. The number of carbonyl (C=O) groups is 2. The zero-order valence-corrected chi connectivity index (χ0v) is 16.1. The molecule has 0 radical (unpaired) electrons. The Kier molecular flexibility index (Phi) is 5.43. The predicted molar refractivity (Wildman–Crippen MR) is 99.1 cm³/mol. The van der Waals surface area contributed by atoms with Crippen molar-refractivity contribution < 1.29 is 18.0 Å². The second-order valence-electron chi connectivity index (χ2n) is 6.75. The van der Waals surface area contributed by atoms with Gasteiger partial charge in [0.2, 0.25) is 5.91 Å². The number of hydrogen-bond donors (Lipinski definition) is 1. The Hall–Kier alpha value is -1.80. The van der Waals surface area contributed by atoms with Crippen molar-refractivity contribution in [2.75, 3.05) is 31.2 Å². The van der Waals surface area contributed by atoms with Crippen molar-refractivity contribution >= 4 is 39.1 Å². The van der Waals surface area contributed by atoms with E-state index in [1.54, 1.807) is 11.0 Å². The van der Waals surface area contributed by atoms with Crippen molar-refractivity contribution in [3.05, 3.63) is 23.2 Å². The molecular formula is C17H22ClN3O4S. The third-order valence-electron chi connectivity index (χ3n) is 4.81. The van der Waals surface area contributed by atoms with Gasteiger partial charge in [0.25, 0.3) is 0 Å². The largest absolute Gasteiger partial charge is 0.338 e. The molecule has 142 valence electrons. The van der Waals surface area contributed by atoms with E-state index < -0.39 is 9.84 Å². The summed E-state index contributed by atoms with van der Waals surface area (Å²) in [6, 6.07) is 4.23. The number of benzene rings is 1. The maximum absolute atomic E-state index is 12.7. The normalized spacial score (nSPS) is 21.2. The van der Waals surface area contributed by atoms with Crippen LogP contribution in [0.4, 0.5) is 10.5 Å². The van der Waals surface area contributed by atoms with Gasteiger partial charge in [0, 0.05) is 38.4 Å². The Bertz CT molecular complexity index is 827. The van der Waals surface area contributed by atoms with Crippen molar-refractivity contribution in [3.8, 4) is 0 Å². The number of amides is 3. The van der Waals surface area contributed by atoms with E-state index in [4.69, 9.17) is 11.6 Å². The van der Waals surface area contributed by atoms with Crippen molar-refractivity contribution in [2.24, 2.45) is 0 Å². The summed E-state index contributed by atoms with van der Waals surface area (Å²) in [5, 5.41) is 2.74. The lowest BCUT2D eigenvalue weighted by molar-refractivity contribution is -0.130. The van der Waals surface area contributed by atoms with Crippen molar-refractivity contribution in [2.45, 2.75) is 36.6 Å². The predicted octanol–water partition coefficient (Wildman–Crippen LogP) is 2.36. The first-order chi connectivity index (χ1) is 12.3. The molecule has 1 N–H and O–H groups in total. The molecule has 7 nitrogen and oxygen atoms in total. The number of rotatable bonds is 3. The topological polar surface area (TPSA) is 86.8 Å². The monoisotopic (exact) mass is 399 g/mol. The van der Waals surface area contributed by atoms with Gasteiger partial charge in [-0.1, -0.05) is 17.7 Å². The Morgan fingerprint density at radius 1 is 1.27 bits per heavy atom. The van der Waals surface area contributed by atoms with Crippen LogP contribution >= 0.6 is 11.6 Å². The number of sulfone groups is 1. The molecule has 3 rings (SSSR count). The van der Waals surface area contributed by atoms with Gasteiger partial charge in [-0.3, -0.25) is 4.79 Å². The molecule has 3 amide bonds. The second kappa shape index (κ2) is 7.44. The molecule has 9 heteroatoms. The zero-order chi connectivity index (χ0) is 18.9.